The summed E-state index contributed by atoms with van der Waals surface area (Å²) in [6, 6.07) is 15.1. The van der Waals surface area contributed by atoms with Crippen LogP contribution in [0.3, 0.4) is 0 Å². The molecule has 2 rings (SSSR count). The van der Waals surface area contributed by atoms with Crippen molar-refractivity contribution in [1.29, 1.82) is 0 Å². The fraction of sp³-hybridized carbons (Fsp3) is 0.188. The molecule has 110 valence electrons. The van der Waals surface area contributed by atoms with E-state index in [0.717, 1.165) is 10.5 Å². The highest BCUT2D eigenvalue weighted by molar-refractivity contribution is 8.00. The molecule has 0 spiro atoms. The lowest BCUT2D eigenvalue weighted by Crippen LogP contribution is -2.30. The second-order valence-electron chi connectivity index (χ2n) is 4.53. The van der Waals surface area contributed by atoms with E-state index < -0.39 is 0 Å². The molecule has 1 unspecified atom stereocenters. The van der Waals surface area contributed by atoms with E-state index in [1.807, 2.05) is 43.3 Å². The summed E-state index contributed by atoms with van der Waals surface area (Å²) in [6.07, 6.45) is 0. The van der Waals surface area contributed by atoms with Crippen molar-refractivity contribution < 1.29 is 4.79 Å². The second kappa shape index (κ2) is 7.74. The summed E-state index contributed by atoms with van der Waals surface area (Å²) in [5.74, 6) is -0.0186. The standard InChI is InChI=1S/C16H15Cl2NOS/c1-11(21-14-5-3-2-4-6-14)16(20)19-10-12-7-8-13(17)9-15(12)18/h2-9,11H,10H2,1H3,(H,19,20). The fourth-order valence-corrected chi connectivity index (χ4v) is 3.14. The van der Waals surface area contributed by atoms with Crippen molar-refractivity contribution in [3.63, 3.8) is 0 Å². The molecule has 0 heterocycles. The Kier molecular flexibility index (Phi) is 5.97. The third-order valence-electron chi connectivity index (χ3n) is 2.89. The van der Waals surface area contributed by atoms with Gasteiger partial charge in [0, 0.05) is 21.5 Å². The molecular weight excluding hydrogens is 325 g/mol. The first-order chi connectivity index (χ1) is 10.1. The van der Waals surface area contributed by atoms with Crippen LogP contribution in [0.4, 0.5) is 0 Å². The van der Waals surface area contributed by atoms with Crippen LogP contribution in [0.15, 0.2) is 53.4 Å². The van der Waals surface area contributed by atoms with Gasteiger partial charge in [-0.2, -0.15) is 0 Å². The highest BCUT2D eigenvalue weighted by Gasteiger charge is 2.14. The third-order valence-corrected chi connectivity index (χ3v) is 4.59. The quantitative estimate of drug-likeness (QED) is 0.793. The molecule has 1 amide bonds. The van der Waals surface area contributed by atoms with Gasteiger partial charge in [0.15, 0.2) is 0 Å². The van der Waals surface area contributed by atoms with Crippen LogP contribution in [-0.2, 0) is 11.3 Å². The number of carbonyl (C=O) groups excluding carboxylic acids is 1. The van der Waals surface area contributed by atoms with E-state index in [1.165, 1.54) is 11.8 Å². The average Bonchev–Trinajstić information content (AvgIpc) is 2.47. The van der Waals surface area contributed by atoms with E-state index in [1.54, 1.807) is 12.1 Å². The minimum atomic E-state index is -0.168. The van der Waals surface area contributed by atoms with Gasteiger partial charge in [0.2, 0.25) is 5.91 Å². The average molecular weight is 340 g/mol. The van der Waals surface area contributed by atoms with Crippen LogP contribution in [-0.4, -0.2) is 11.2 Å². The van der Waals surface area contributed by atoms with Crippen molar-refractivity contribution in [3.8, 4) is 0 Å². The SMILES string of the molecule is CC(Sc1ccccc1)C(=O)NCc1ccc(Cl)cc1Cl. The number of amides is 1. The Bertz CT molecular complexity index is 619. The number of benzene rings is 2. The first kappa shape index (κ1) is 16.2. The normalized spacial score (nSPS) is 12.0. The van der Waals surface area contributed by atoms with Crippen molar-refractivity contribution in [3.05, 3.63) is 64.1 Å². The van der Waals surface area contributed by atoms with Gasteiger partial charge in [0.05, 0.1) is 5.25 Å². The van der Waals surface area contributed by atoms with Crippen LogP contribution < -0.4 is 5.32 Å². The predicted octanol–water partition coefficient (Wildman–Crippen LogP) is 4.79. The van der Waals surface area contributed by atoms with Gasteiger partial charge in [0.25, 0.3) is 0 Å². The molecule has 2 aromatic rings. The third kappa shape index (κ3) is 4.95. The molecule has 0 fully saturated rings. The maximum absolute atomic E-state index is 12.1. The zero-order valence-electron chi connectivity index (χ0n) is 11.5. The molecule has 1 atom stereocenters. The van der Waals surface area contributed by atoms with Crippen LogP contribution in [0.5, 0.6) is 0 Å². The summed E-state index contributed by atoms with van der Waals surface area (Å²) in [7, 11) is 0. The number of hydrogen-bond donors (Lipinski definition) is 1. The van der Waals surface area contributed by atoms with Gasteiger partial charge in [0.1, 0.15) is 0 Å². The van der Waals surface area contributed by atoms with Crippen molar-refractivity contribution in [2.75, 3.05) is 0 Å². The van der Waals surface area contributed by atoms with E-state index in [-0.39, 0.29) is 11.2 Å². The van der Waals surface area contributed by atoms with Gasteiger partial charge in [-0.3, -0.25) is 4.79 Å². The Balaban J connectivity index is 1.89. The number of nitrogens with one attached hydrogen (secondary N) is 1. The molecule has 2 aromatic carbocycles. The molecule has 0 aliphatic rings. The monoisotopic (exact) mass is 339 g/mol. The minimum absolute atomic E-state index is 0.0186. The highest BCUT2D eigenvalue weighted by atomic mass is 35.5. The lowest BCUT2D eigenvalue weighted by molar-refractivity contribution is -0.120. The molecule has 0 saturated heterocycles. The van der Waals surface area contributed by atoms with E-state index >= 15 is 0 Å². The maximum atomic E-state index is 12.1. The molecule has 2 nitrogen and oxygen atoms in total. The highest BCUT2D eigenvalue weighted by Crippen LogP contribution is 2.23. The number of halogens is 2. The van der Waals surface area contributed by atoms with Gasteiger partial charge in [-0.05, 0) is 36.8 Å². The minimum Gasteiger partial charge on any atom is -0.351 e. The molecule has 0 radical (unpaired) electrons. The van der Waals surface area contributed by atoms with Crippen LogP contribution in [0.1, 0.15) is 12.5 Å². The number of thioether (sulfide) groups is 1. The maximum Gasteiger partial charge on any atom is 0.233 e. The molecule has 1 N–H and O–H groups in total. The van der Waals surface area contributed by atoms with Gasteiger partial charge in [-0.25, -0.2) is 0 Å². The van der Waals surface area contributed by atoms with Crippen LogP contribution in [0.2, 0.25) is 10.0 Å². The van der Waals surface area contributed by atoms with Gasteiger partial charge in [-0.15, -0.1) is 11.8 Å². The summed E-state index contributed by atoms with van der Waals surface area (Å²) >= 11 is 13.5. The summed E-state index contributed by atoms with van der Waals surface area (Å²) in [5, 5.41) is 3.87. The zero-order chi connectivity index (χ0) is 15.2. The summed E-state index contributed by atoms with van der Waals surface area (Å²) in [4.78, 5) is 13.2. The molecule has 0 aromatic heterocycles. The summed E-state index contributed by atoms with van der Waals surface area (Å²) in [5.41, 5.74) is 0.853. The Morgan fingerprint density at radius 3 is 2.57 bits per heavy atom. The van der Waals surface area contributed by atoms with E-state index in [4.69, 9.17) is 23.2 Å². The topological polar surface area (TPSA) is 29.1 Å². The molecule has 0 aliphatic heterocycles. The summed E-state index contributed by atoms with van der Waals surface area (Å²) in [6.45, 7) is 2.28. The molecule has 0 saturated carbocycles. The van der Waals surface area contributed by atoms with Gasteiger partial charge < -0.3 is 5.32 Å². The van der Waals surface area contributed by atoms with Crippen molar-refractivity contribution in [2.45, 2.75) is 23.6 Å². The van der Waals surface area contributed by atoms with Gasteiger partial charge >= 0.3 is 0 Å². The molecule has 0 aliphatic carbocycles. The Morgan fingerprint density at radius 1 is 1.19 bits per heavy atom. The fourth-order valence-electron chi connectivity index (χ4n) is 1.75. The largest absolute Gasteiger partial charge is 0.351 e. The molecular formula is C16H15Cl2NOS. The van der Waals surface area contributed by atoms with Crippen LogP contribution in [0, 0.1) is 0 Å². The van der Waals surface area contributed by atoms with Gasteiger partial charge in [-0.1, -0.05) is 47.5 Å². The number of carbonyl (C=O) groups is 1. The molecule has 21 heavy (non-hydrogen) atoms. The smallest absolute Gasteiger partial charge is 0.233 e. The zero-order valence-corrected chi connectivity index (χ0v) is 13.8. The Hall–Kier alpha value is -1.16. The molecule has 5 heteroatoms. The molecule has 0 bridgehead atoms. The lowest BCUT2D eigenvalue weighted by Gasteiger charge is -2.12. The van der Waals surface area contributed by atoms with Crippen LogP contribution in [0.25, 0.3) is 0 Å². The Labute approximate surface area is 138 Å². The van der Waals surface area contributed by atoms with Crippen molar-refractivity contribution >= 4 is 40.9 Å². The van der Waals surface area contributed by atoms with E-state index in [0.29, 0.717) is 16.6 Å². The number of rotatable bonds is 5. The van der Waals surface area contributed by atoms with Crippen molar-refractivity contribution in [2.24, 2.45) is 0 Å². The Morgan fingerprint density at radius 2 is 1.90 bits per heavy atom. The van der Waals surface area contributed by atoms with E-state index in [2.05, 4.69) is 5.32 Å². The summed E-state index contributed by atoms with van der Waals surface area (Å²) < 4.78 is 0. The van der Waals surface area contributed by atoms with E-state index in [9.17, 15) is 4.79 Å². The first-order valence-electron chi connectivity index (χ1n) is 6.49. The number of hydrogen-bond acceptors (Lipinski definition) is 2. The van der Waals surface area contributed by atoms with Crippen LogP contribution >= 0.6 is 35.0 Å². The predicted molar refractivity (Wildman–Crippen MR) is 90.1 cm³/mol. The first-order valence-corrected chi connectivity index (χ1v) is 8.13. The second-order valence-corrected chi connectivity index (χ2v) is 6.78. The van der Waals surface area contributed by atoms with Crippen molar-refractivity contribution in [1.82, 2.24) is 5.32 Å². The lowest BCUT2D eigenvalue weighted by atomic mass is 10.2.